The number of hydrogen-bond donors (Lipinski definition) is 0. The van der Waals surface area contributed by atoms with Crippen molar-refractivity contribution in [3.05, 3.63) is 29.3 Å². The highest BCUT2D eigenvalue weighted by Crippen LogP contribution is 2.19. The number of ether oxygens (including phenoxy) is 2. The molecular weight excluding hydrogens is 337 g/mol. The lowest BCUT2D eigenvalue weighted by atomic mass is 9.98. The number of nitrogens with zero attached hydrogens (tertiary/aromatic N) is 1. The van der Waals surface area contributed by atoms with Gasteiger partial charge in [-0.3, -0.25) is 4.79 Å². The van der Waals surface area contributed by atoms with E-state index in [0.717, 1.165) is 44.6 Å². The molecule has 1 aromatic rings. The Bertz CT molecular complexity index is 485. The molecule has 1 fully saturated rings. The van der Waals surface area contributed by atoms with Gasteiger partial charge in [0.15, 0.2) is 0 Å². The van der Waals surface area contributed by atoms with Gasteiger partial charge < -0.3 is 14.4 Å². The Kier molecular flexibility index (Phi) is 9.37. The monoisotopic (exact) mass is 361 g/mol. The lowest BCUT2D eigenvalue weighted by molar-refractivity contribution is -0.149. The average molecular weight is 362 g/mol. The molecule has 0 saturated carbocycles. The van der Waals surface area contributed by atoms with Crippen LogP contribution in [0.4, 0.5) is 0 Å². The van der Waals surface area contributed by atoms with E-state index in [1.54, 1.807) is 0 Å². The zero-order chi connectivity index (χ0) is 15.8. The molecule has 4 nitrogen and oxygen atoms in total. The van der Waals surface area contributed by atoms with Crippen molar-refractivity contribution in [2.75, 3.05) is 32.8 Å². The van der Waals surface area contributed by atoms with Gasteiger partial charge in [-0.2, -0.15) is 0 Å². The minimum atomic E-state index is -0.0534. The molecule has 1 aromatic carbocycles. The normalized spacial score (nSPS) is 18.1. The lowest BCUT2D eigenvalue weighted by Crippen LogP contribution is -2.40. The Balaban J connectivity index is 0.00000264. The quantitative estimate of drug-likeness (QED) is 0.546. The first-order valence-electron chi connectivity index (χ1n) is 7.96. The van der Waals surface area contributed by atoms with Crippen LogP contribution in [0.15, 0.2) is 24.3 Å². The number of carbonyl (C=O) groups is 1. The first-order chi connectivity index (χ1) is 10.7. The molecule has 1 unspecified atom stereocenters. The lowest BCUT2D eigenvalue weighted by Gasteiger charge is -2.31. The van der Waals surface area contributed by atoms with Crippen LogP contribution in [-0.4, -0.2) is 43.7 Å². The average Bonchev–Trinajstić information content (AvgIpc) is 2.52. The van der Waals surface area contributed by atoms with Gasteiger partial charge in [0.1, 0.15) is 5.75 Å². The molecule has 0 bridgehead atoms. The van der Waals surface area contributed by atoms with Gasteiger partial charge in [0.05, 0.1) is 19.1 Å². The highest BCUT2D eigenvalue weighted by atomic mass is 35.5. The molecule has 1 atom stereocenters. The van der Waals surface area contributed by atoms with E-state index in [-0.39, 0.29) is 24.3 Å². The summed E-state index contributed by atoms with van der Waals surface area (Å²) in [6, 6.07) is 7.44. The molecule has 130 valence electrons. The fraction of sp³-hybridized carbons (Fsp3) is 0.588. The number of rotatable bonds is 7. The number of piperidine rings is 1. The molecule has 2 rings (SSSR count). The second-order valence-corrected chi connectivity index (χ2v) is 5.99. The van der Waals surface area contributed by atoms with Crippen LogP contribution < -0.4 is 4.74 Å². The molecule has 23 heavy (non-hydrogen) atoms. The van der Waals surface area contributed by atoms with Gasteiger partial charge in [-0.25, -0.2) is 0 Å². The highest BCUT2D eigenvalue weighted by Gasteiger charge is 2.26. The summed E-state index contributed by atoms with van der Waals surface area (Å²) in [6.45, 7) is 5.76. The van der Waals surface area contributed by atoms with Crippen molar-refractivity contribution in [1.82, 2.24) is 4.90 Å². The maximum absolute atomic E-state index is 11.8. The van der Waals surface area contributed by atoms with Gasteiger partial charge in [0.2, 0.25) is 0 Å². The molecule has 0 amide bonds. The number of halogens is 2. The molecule has 0 N–H and O–H groups in total. The van der Waals surface area contributed by atoms with Crippen molar-refractivity contribution < 1.29 is 14.3 Å². The molecule has 0 spiro atoms. The van der Waals surface area contributed by atoms with Gasteiger partial charge in [0.25, 0.3) is 0 Å². The van der Waals surface area contributed by atoms with Crippen molar-refractivity contribution in [2.24, 2.45) is 5.92 Å². The van der Waals surface area contributed by atoms with E-state index in [1.807, 2.05) is 31.2 Å². The van der Waals surface area contributed by atoms with E-state index in [0.29, 0.717) is 18.2 Å². The maximum atomic E-state index is 11.8. The Morgan fingerprint density at radius 3 is 3.00 bits per heavy atom. The smallest absolute Gasteiger partial charge is 0.310 e. The summed E-state index contributed by atoms with van der Waals surface area (Å²) in [6.07, 6.45) is 2.93. The molecule has 6 heteroatoms. The van der Waals surface area contributed by atoms with Crippen LogP contribution in [0.25, 0.3) is 0 Å². The van der Waals surface area contributed by atoms with Crippen molar-refractivity contribution in [2.45, 2.75) is 26.2 Å². The summed E-state index contributed by atoms with van der Waals surface area (Å²) >= 11 is 5.92. The number of hydrogen-bond acceptors (Lipinski definition) is 4. The molecule has 0 aromatic heterocycles. The van der Waals surface area contributed by atoms with Crippen LogP contribution in [0, 0.1) is 5.92 Å². The summed E-state index contributed by atoms with van der Waals surface area (Å²) < 4.78 is 10.8. The third kappa shape index (κ3) is 6.98. The summed E-state index contributed by atoms with van der Waals surface area (Å²) in [5.74, 6) is 0.778. The van der Waals surface area contributed by atoms with Crippen LogP contribution in [-0.2, 0) is 9.53 Å². The van der Waals surface area contributed by atoms with Gasteiger partial charge in [-0.05, 0) is 50.9 Å². The number of carbonyl (C=O) groups excluding carboxylic acids is 1. The predicted molar refractivity (Wildman–Crippen MR) is 94.6 cm³/mol. The van der Waals surface area contributed by atoms with E-state index in [1.165, 1.54) is 0 Å². The van der Waals surface area contributed by atoms with Gasteiger partial charge >= 0.3 is 5.97 Å². The SMILES string of the molecule is CCOC(=O)C1CCCN(CCCOc2cccc(Cl)c2)C1.Cl. The van der Waals surface area contributed by atoms with Crippen LogP contribution in [0.2, 0.25) is 5.02 Å². The zero-order valence-electron chi connectivity index (χ0n) is 13.5. The first kappa shape index (κ1) is 20.1. The second kappa shape index (κ2) is 10.7. The number of likely N-dealkylation sites (tertiary alicyclic amines) is 1. The molecule has 1 saturated heterocycles. The fourth-order valence-electron chi connectivity index (χ4n) is 2.75. The van der Waals surface area contributed by atoms with Crippen molar-refractivity contribution in [3.8, 4) is 5.75 Å². The van der Waals surface area contributed by atoms with Gasteiger partial charge in [0, 0.05) is 18.1 Å². The third-order valence-corrected chi connectivity index (χ3v) is 4.04. The van der Waals surface area contributed by atoms with Crippen LogP contribution in [0.5, 0.6) is 5.75 Å². The Morgan fingerprint density at radius 1 is 1.43 bits per heavy atom. The Hall–Kier alpha value is -0.970. The van der Waals surface area contributed by atoms with Crippen LogP contribution in [0.1, 0.15) is 26.2 Å². The van der Waals surface area contributed by atoms with E-state index >= 15 is 0 Å². The van der Waals surface area contributed by atoms with Crippen molar-refractivity contribution in [3.63, 3.8) is 0 Å². The van der Waals surface area contributed by atoms with E-state index in [2.05, 4.69) is 4.90 Å². The van der Waals surface area contributed by atoms with Crippen LogP contribution >= 0.6 is 24.0 Å². The summed E-state index contributed by atoms with van der Waals surface area (Å²) in [5.41, 5.74) is 0. The zero-order valence-corrected chi connectivity index (χ0v) is 15.1. The predicted octanol–water partition coefficient (Wildman–Crippen LogP) is 3.81. The highest BCUT2D eigenvalue weighted by molar-refractivity contribution is 6.30. The molecule has 1 aliphatic heterocycles. The number of esters is 1. The summed E-state index contributed by atoms with van der Waals surface area (Å²) in [5, 5.41) is 0.686. The van der Waals surface area contributed by atoms with Crippen molar-refractivity contribution >= 4 is 30.0 Å². The molecule has 1 heterocycles. The standard InChI is InChI=1S/C17H24ClNO3.ClH/c1-2-21-17(20)14-6-4-9-19(13-14)10-5-11-22-16-8-3-7-15(18)12-16;/h3,7-8,12,14H,2,4-6,9-11,13H2,1H3;1H. The van der Waals surface area contributed by atoms with Gasteiger partial charge in [-0.15, -0.1) is 12.4 Å². The van der Waals surface area contributed by atoms with Gasteiger partial charge in [-0.1, -0.05) is 17.7 Å². The topological polar surface area (TPSA) is 38.8 Å². The molecule has 1 aliphatic rings. The maximum Gasteiger partial charge on any atom is 0.310 e. The minimum Gasteiger partial charge on any atom is -0.493 e. The largest absolute Gasteiger partial charge is 0.493 e. The van der Waals surface area contributed by atoms with Crippen LogP contribution in [0.3, 0.4) is 0 Å². The first-order valence-corrected chi connectivity index (χ1v) is 8.34. The van der Waals surface area contributed by atoms with E-state index in [4.69, 9.17) is 21.1 Å². The molecular formula is C17H25Cl2NO3. The summed E-state index contributed by atoms with van der Waals surface area (Å²) in [7, 11) is 0. The Labute approximate surface area is 149 Å². The molecule has 0 radical (unpaired) electrons. The Morgan fingerprint density at radius 2 is 2.26 bits per heavy atom. The number of benzene rings is 1. The third-order valence-electron chi connectivity index (χ3n) is 3.81. The minimum absolute atomic E-state index is 0. The van der Waals surface area contributed by atoms with E-state index < -0.39 is 0 Å². The fourth-order valence-corrected chi connectivity index (χ4v) is 2.93. The van der Waals surface area contributed by atoms with Crippen molar-refractivity contribution in [1.29, 1.82) is 0 Å². The molecule has 0 aliphatic carbocycles. The second-order valence-electron chi connectivity index (χ2n) is 5.55. The summed E-state index contributed by atoms with van der Waals surface area (Å²) in [4.78, 5) is 14.1. The van der Waals surface area contributed by atoms with E-state index in [9.17, 15) is 4.79 Å².